The van der Waals surface area contributed by atoms with Gasteiger partial charge in [0.05, 0.1) is 12.0 Å². The van der Waals surface area contributed by atoms with Crippen molar-refractivity contribution >= 4 is 17.7 Å². The third-order valence-corrected chi connectivity index (χ3v) is 5.64. The van der Waals surface area contributed by atoms with E-state index in [1.165, 1.54) is 0 Å². The fourth-order valence-corrected chi connectivity index (χ4v) is 4.20. The molecule has 1 aliphatic heterocycles. The molecule has 0 spiro atoms. The highest BCUT2D eigenvalue weighted by molar-refractivity contribution is 5.96. The predicted octanol–water partition coefficient (Wildman–Crippen LogP) is 4.95. The SMILES string of the molecule is CC1CC(C(=O)O)c2ccccc2N1C(=O)NC(c1ccccc1)c1ccccc1. The summed E-state index contributed by atoms with van der Waals surface area (Å²) in [4.78, 5) is 26.9. The van der Waals surface area contributed by atoms with Crippen LogP contribution in [0, 0.1) is 0 Å². The molecule has 152 valence electrons. The molecule has 1 aliphatic rings. The quantitative estimate of drug-likeness (QED) is 0.651. The third-order valence-electron chi connectivity index (χ3n) is 5.64. The highest BCUT2D eigenvalue weighted by Crippen LogP contribution is 2.39. The summed E-state index contributed by atoms with van der Waals surface area (Å²) in [6.45, 7) is 1.89. The largest absolute Gasteiger partial charge is 0.481 e. The number of carbonyl (C=O) groups excluding carboxylic acids is 1. The Labute approximate surface area is 176 Å². The van der Waals surface area contributed by atoms with E-state index in [4.69, 9.17) is 0 Å². The highest BCUT2D eigenvalue weighted by Gasteiger charge is 2.37. The number of aliphatic carboxylic acids is 1. The molecule has 0 aromatic heterocycles. The Bertz CT molecular complexity index is 997. The molecule has 1 heterocycles. The molecule has 0 saturated carbocycles. The number of hydrogen-bond donors (Lipinski definition) is 2. The van der Waals surface area contributed by atoms with Crippen molar-refractivity contribution in [3.05, 3.63) is 102 Å². The van der Waals surface area contributed by atoms with Crippen LogP contribution in [0.1, 0.15) is 42.0 Å². The maximum absolute atomic E-state index is 13.5. The number of hydrogen-bond acceptors (Lipinski definition) is 2. The molecule has 2 amide bonds. The zero-order valence-corrected chi connectivity index (χ0v) is 16.7. The minimum atomic E-state index is -0.860. The average Bonchev–Trinajstić information content (AvgIpc) is 2.77. The minimum absolute atomic E-state index is 0.239. The van der Waals surface area contributed by atoms with Gasteiger partial charge < -0.3 is 10.4 Å². The lowest BCUT2D eigenvalue weighted by Crippen LogP contribution is -2.50. The number of carboxylic acids is 1. The zero-order valence-electron chi connectivity index (χ0n) is 16.7. The molecule has 0 fully saturated rings. The van der Waals surface area contributed by atoms with Crippen molar-refractivity contribution in [2.45, 2.75) is 31.3 Å². The number of benzene rings is 3. The van der Waals surface area contributed by atoms with E-state index in [0.717, 1.165) is 11.1 Å². The maximum Gasteiger partial charge on any atom is 0.322 e. The average molecular weight is 400 g/mol. The lowest BCUT2D eigenvalue weighted by molar-refractivity contribution is -0.139. The van der Waals surface area contributed by atoms with Gasteiger partial charge in [0.25, 0.3) is 0 Å². The number of nitrogens with zero attached hydrogens (tertiary/aromatic N) is 1. The fourth-order valence-electron chi connectivity index (χ4n) is 4.20. The van der Waals surface area contributed by atoms with Crippen LogP contribution in [0.4, 0.5) is 10.5 Å². The van der Waals surface area contributed by atoms with Crippen LogP contribution in [0.3, 0.4) is 0 Å². The fraction of sp³-hybridized carbons (Fsp3) is 0.200. The van der Waals surface area contributed by atoms with Crippen molar-refractivity contribution in [1.29, 1.82) is 0 Å². The van der Waals surface area contributed by atoms with Crippen molar-refractivity contribution in [3.8, 4) is 0 Å². The molecule has 5 nitrogen and oxygen atoms in total. The van der Waals surface area contributed by atoms with Crippen LogP contribution in [0.2, 0.25) is 0 Å². The number of para-hydroxylation sites is 1. The zero-order chi connectivity index (χ0) is 21.1. The Balaban J connectivity index is 1.69. The van der Waals surface area contributed by atoms with Gasteiger partial charge >= 0.3 is 12.0 Å². The Kier molecular flexibility index (Phi) is 5.53. The number of fused-ring (bicyclic) bond motifs is 1. The van der Waals surface area contributed by atoms with Gasteiger partial charge in [-0.3, -0.25) is 9.69 Å². The summed E-state index contributed by atoms with van der Waals surface area (Å²) < 4.78 is 0. The molecule has 0 radical (unpaired) electrons. The minimum Gasteiger partial charge on any atom is -0.481 e. The van der Waals surface area contributed by atoms with Gasteiger partial charge in [-0.05, 0) is 36.1 Å². The van der Waals surface area contributed by atoms with Gasteiger partial charge in [-0.25, -0.2) is 4.79 Å². The smallest absolute Gasteiger partial charge is 0.322 e. The summed E-state index contributed by atoms with van der Waals surface area (Å²) in [6, 6.07) is 26.1. The van der Waals surface area contributed by atoms with Crippen molar-refractivity contribution in [3.63, 3.8) is 0 Å². The molecule has 0 bridgehead atoms. The van der Waals surface area contributed by atoms with E-state index in [1.54, 1.807) is 11.0 Å². The number of anilines is 1. The lowest BCUT2D eigenvalue weighted by Gasteiger charge is -2.38. The highest BCUT2D eigenvalue weighted by atomic mass is 16.4. The number of nitrogens with one attached hydrogen (secondary N) is 1. The van der Waals surface area contributed by atoms with E-state index < -0.39 is 11.9 Å². The summed E-state index contributed by atoms with van der Waals surface area (Å²) in [5.74, 6) is -1.47. The van der Waals surface area contributed by atoms with Gasteiger partial charge in [0.2, 0.25) is 0 Å². The van der Waals surface area contributed by atoms with E-state index in [0.29, 0.717) is 17.7 Å². The van der Waals surface area contributed by atoms with E-state index in [-0.39, 0.29) is 18.1 Å². The first-order valence-corrected chi connectivity index (χ1v) is 10.1. The predicted molar refractivity (Wildman–Crippen MR) is 117 cm³/mol. The Morgan fingerprint density at radius 3 is 2.00 bits per heavy atom. The molecule has 4 rings (SSSR count). The first-order valence-electron chi connectivity index (χ1n) is 10.1. The monoisotopic (exact) mass is 400 g/mol. The Morgan fingerprint density at radius 2 is 1.43 bits per heavy atom. The second-order valence-corrected chi connectivity index (χ2v) is 7.61. The number of urea groups is 1. The molecule has 0 saturated heterocycles. The lowest BCUT2D eigenvalue weighted by atomic mass is 9.86. The summed E-state index contributed by atoms with van der Waals surface area (Å²) in [6.07, 6.45) is 0.376. The summed E-state index contributed by atoms with van der Waals surface area (Å²) in [7, 11) is 0. The van der Waals surface area contributed by atoms with Gasteiger partial charge in [0.15, 0.2) is 0 Å². The second kappa shape index (κ2) is 8.41. The van der Waals surface area contributed by atoms with Gasteiger partial charge in [0.1, 0.15) is 0 Å². The van der Waals surface area contributed by atoms with Crippen molar-refractivity contribution in [2.75, 3.05) is 4.90 Å². The van der Waals surface area contributed by atoms with Crippen LogP contribution in [0.25, 0.3) is 0 Å². The molecule has 2 atom stereocenters. The summed E-state index contributed by atoms with van der Waals surface area (Å²) in [5, 5.41) is 12.8. The number of amides is 2. The van der Waals surface area contributed by atoms with Gasteiger partial charge in [-0.15, -0.1) is 0 Å². The number of carbonyl (C=O) groups is 2. The van der Waals surface area contributed by atoms with Gasteiger partial charge in [-0.1, -0.05) is 78.9 Å². The van der Waals surface area contributed by atoms with Crippen molar-refractivity contribution in [2.24, 2.45) is 0 Å². The molecule has 30 heavy (non-hydrogen) atoms. The first-order chi connectivity index (χ1) is 14.6. The van der Waals surface area contributed by atoms with Crippen LogP contribution in [0.5, 0.6) is 0 Å². The Hall–Kier alpha value is -3.60. The molecular weight excluding hydrogens is 376 g/mol. The van der Waals surface area contributed by atoms with Crippen molar-refractivity contribution in [1.82, 2.24) is 5.32 Å². The molecule has 3 aromatic rings. The molecule has 2 unspecified atom stereocenters. The second-order valence-electron chi connectivity index (χ2n) is 7.61. The first kappa shape index (κ1) is 19.7. The topological polar surface area (TPSA) is 69.6 Å². The van der Waals surface area contributed by atoms with E-state index in [9.17, 15) is 14.7 Å². The molecule has 5 heteroatoms. The van der Waals surface area contributed by atoms with Crippen LogP contribution in [-0.2, 0) is 4.79 Å². The number of carboxylic acid groups (broad SMARTS) is 1. The van der Waals surface area contributed by atoms with Crippen LogP contribution >= 0.6 is 0 Å². The van der Waals surface area contributed by atoms with E-state index in [2.05, 4.69) is 5.32 Å². The van der Waals surface area contributed by atoms with Gasteiger partial charge in [0, 0.05) is 11.7 Å². The molecule has 2 N–H and O–H groups in total. The standard InChI is InChI=1S/C25H24N2O3/c1-17-16-21(24(28)29)20-14-8-9-15-22(20)27(17)25(30)26-23(18-10-4-2-5-11-18)19-12-6-3-7-13-19/h2-15,17,21,23H,16H2,1H3,(H,26,30)(H,28,29). The number of rotatable bonds is 4. The van der Waals surface area contributed by atoms with Crippen LogP contribution in [0.15, 0.2) is 84.9 Å². The summed E-state index contributed by atoms with van der Waals surface area (Å²) in [5.41, 5.74) is 3.30. The van der Waals surface area contributed by atoms with Crippen LogP contribution < -0.4 is 10.2 Å². The van der Waals surface area contributed by atoms with E-state index >= 15 is 0 Å². The maximum atomic E-state index is 13.5. The van der Waals surface area contributed by atoms with Crippen molar-refractivity contribution < 1.29 is 14.7 Å². The molecule has 3 aromatic carbocycles. The van der Waals surface area contributed by atoms with Crippen LogP contribution in [-0.4, -0.2) is 23.1 Å². The summed E-state index contributed by atoms with van der Waals surface area (Å²) >= 11 is 0. The Morgan fingerprint density at radius 1 is 0.900 bits per heavy atom. The van der Waals surface area contributed by atoms with Gasteiger partial charge in [-0.2, -0.15) is 0 Å². The molecular formula is C25H24N2O3. The third kappa shape index (κ3) is 3.79. The normalized spacial score (nSPS) is 18.0. The van der Waals surface area contributed by atoms with E-state index in [1.807, 2.05) is 85.8 Å². The molecule has 0 aliphatic carbocycles.